The number of phenolic OH excluding ortho intramolecular Hbond substituents is 2. The lowest BCUT2D eigenvalue weighted by molar-refractivity contribution is -0.120. The third-order valence-corrected chi connectivity index (χ3v) is 1.76. The lowest BCUT2D eigenvalue weighted by Crippen LogP contribution is -2.35. The molecule has 82 valence electrons. The van der Waals surface area contributed by atoms with Crippen LogP contribution >= 0.6 is 0 Å². The Bertz CT molecular complexity index is 518. The van der Waals surface area contributed by atoms with Crippen LogP contribution in [0, 0.1) is 0 Å². The molecule has 0 aliphatic carbocycles. The fourth-order valence-corrected chi connectivity index (χ4v) is 0.866. The van der Waals surface area contributed by atoms with Gasteiger partial charge in [-0.1, -0.05) is 6.04 Å². The fraction of sp³-hybridized carbons (Fsp3) is 0.300. The summed E-state index contributed by atoms with van der Waals surface area (Å²) in [6, 6.07) is -4.41. The topological polar surface area (TPSA) is 104 Å². The number of carbonyl (C=O) groups excluding carboxylic acids is 1. The predicted octanol–water partition coefficient (Wildman–Crippen LogP) is 0.0475. The Balaban J connectivity index is 3.64. The predicted molar refractivity (Wildman–Crippen MR) is 53.4 cm³/mol. The summed E-state index contributed by atoms with van der Waals surface area (Å²) in [5.41, 5.74) is 4.53. The van der Waals surface area contributed by atoms with E-state index >= 15 is 0 Å². The standard InChI is InChI=1S/C10H13NO4/c1-5(12)9(11)10(15)6-2-3-7(13)8(14)4-6/h2-4,9-10,13-15H,11H2,1H3/t9-,10+/m0/s1/i2D,3D,4D,10D. The molecule has 0 amide bonds. The molecule has 0 heterocycles. The van der Waals surface area contributed by atoms with Gasteiger partial charge in [0.05, 0.1) is 11.5 Å². The van der Waals surface area contributed by atoms with Crippen molar-refractivity contribution in [1.82, 2.24) is 0 Å². The van der Waals surface area contributed by atoms with Gasteiger partial charge in [0.1, 0.15) is 11.9 Å². The third kappa shape index (κ3) is 2.45. The molecule has 5 nitrogen and oxygen atoms in total. The average molecular weight is 215 g/mol. The molecule has 0 aliphatic rings. The summed E-state index contributed by atoms with van der Waals surface area (Å²) in [5.74, 6) is -2.83. The van der Waals surface area contributed by atoms with Crippen molar-refractivity contribution in [3.63, 3.8) is 0 Å². The van der Waals surface area contributed by atoms with Crippen LogP contribution in [0.15, 0.2) is 18.1 Å². The highest BCUT2D eigenvalue weighted by molar-refractivity contribution is 5.82. The second-order valence-electron chi connectivity index (χ2n) is 2.92. The van der Waals surface area contributed by atoms with E-state index in [0.29, 0.717) is 0 Å². The van der Waals surface area contributed by atoms with E-state index in [1.54, 1.807) is 0 Å². The molecule has 0 spiro atoms. The Morgan fingerprint density at radius 3 is 2.67 bits per heavy atom. The van der Waals surface area contributed by atoms with Crippen molar-refractivity contribution < 1.29 is 25.6 Å². The number of hydrogen-bond acceptors (Lipinski definition) is 5. The molecule has 0 aromatic heterocycles. The van der Waals surface area contributed by atoms with E-state index in [9.17, 15) is 20.1 Å². The summed E-state index contributed by atoms with van der Waals surface area (Å²) in [6.45, 7) is 1.01. The minimum Gasteiger partial charge on any atom is -0.504 e. The van der Waals surface area contributed by atoms with Gasteiger partial charge in [-0.2, -0.15) is 0 Å². The second kappa shape index (κ2) is 4.29. The van der Waals surface area contributed by atoms with E-state index in [1.807, 2.05) is 0 Å². The first-order valence-electron chi connectivity index (χ1n) is 6.04. The van der Waals surface area contributed by atoms with Gasteiger partial charge < -0.3 is 21.1 Å². The Hall–Kier alpha value is -1.59. The number of ketones is 1. The number of phenols is 2. The van der Waals surface area contributed by atoms with Gasteiger partial charge in [-0.05, 0) is 24.6 Å². The number of aliphatic hydroxyl groups is 1. The molecule has 0 radical (unpaired) electrons. The lowest BCUT2D eigenvalue weighted by Gasteiger charge is -2.16. The van der Waals surface area contributed by atoms with E-state index < -0.39 is 53.1 Å². The Morgan fingerprint density at radius 2 is 2.13 bits per heavy atom. The highest BCUT2D eigenvalue weighted by atomic mass is 16.3. The zero-order valence-corrected chi connectivity index (χ0v) is 7.90. The van der Waals surface area contributed by atoms with Crippen molar-refractivity contribution in [2.24, 2.45) is 5.73 Å². The molecule has 1 aromatic rings. The van der Waals surface area contributed by atoms with Crippen molar-refractivity contribution >= 4 is 5.78 Å². The summed E-state index contributed by atoms with van der Waals surface area (Å²) in [5, 5.41) is 28.6. The van der Waals surface area contributed by atoms with Crippen molar-refractivity contribution in [3.05, 3.63) is 23.7 Å². The van der Waals surface area contributed by atoms with Gasteiger partial charge in [0.2, 0.25) is 0 Å². The molecule has 0 fully saturated rings. The molecule has 0 saturated carbocycles. The molecular weight excluding hydrogens is 198 g/mol. The summed E-state index contributed by atoms with van der Waals surface area (Å²) in [7, 11) is 0. The van der Waals surface area contributed by atoms with Gasteiger partial charge in [0.25, 0.3) is 0 Å². The quantitative estimate of drug-likeness (QED) is 0.533. The lowest BCUT2D eigenvalue weighted by atomic mass is 10.00. The van der Waals surface area contributed by atoms with Crippen LogP contribution < -0.4 is 5.73 Å². The van der Waals surface area contributed by atoms with Gasteiger partial charge in [0.15, 0.2) is 11.5 Å². The van der Waals surface area contributed by atoms with Gasteiger partial charge >= 0.3 is 0 Å². The van der Waals surface area contributed by atoms with Crippen molar-refractivity contribution in [2.75, 3.05) is 0 Å². The minimum atomic E-state index is -2.86. The zero-order valence-electron chi connectivity index (χ0n) is 11.9. The minimum absolute atomic E-state index is 0.768. The molecule has 0 bridgehead atoms. The summed E-state index contributed by atoms with van der Waals surface area (Å²) in [4.78, 5) is 11.1. The maximum absolute atomic E-state index is 11.1. The maximum Gasteiger partial charge on any atom is 0.157 e. The number of hydrogen-bond donors (Lipinski definition) is 4. The first-order valence-corrected chi connectivity index (χ1v) is 4.04. The van der Waals surface area contributed by atoms with E-state index in [4.69, 9.17) is 11.2 Å². The number of Topliss-reactive ketones (excluding diaryl/α,β-unsaturated/α-hetero) is 1. The Kier molecular flexibility index (Phi) is 1.95. The second-order valence-corrected chi connectivity index (χ2v) is 2.92. The largest absolute Gasteiger partial charge is 0.504 e. The molecule has 2 atom stereocenters. The first kappa shape index (κ1) is 6.81. The SMILES string of the molecule is [2H]c1c([2H])c([C@@]([2H])(O)[C@@H](N)C(C)=O)c([2H])c(O)c1O. The van der Waals surface area contributed by atoms with E-state index in [-0.39, 0.29) is 0 Å². The number of carbonyl (C=O) groups is 1. The molecule has 5 N–H and O–H groups in total. The van der Waals surface area contributed by atoms with Crippen LogP contribution in [-0.4, -0.2) is 27.1 Å². The molecule has 15 heavy (non-hydrogen) atoms. The van der Waals surface area contributed by atoms with E-state index in [2.05, 4.69) is 0 Å². The summed E-state index contributed by atoms with van der Waals surface area (Å²) in [6.07, 6.45) is -2.86. The number of benzene rings is 1. The van der Waals surface area contributed by atoms with Gasteiger partial charge in [-0.3, -0.25) is 4.79 Å². The van der Waals surface area contributed by atoms with Crippen LogP contribution in [0.4, 0.5) is 0 Å². The maximum atomic E-state index is 11.1. The van der Waals surface area contributed by atoms with Crippen LogP contribution in [0.2, 0.25) is 0 Å². The third-order valence-electron chi connectivity index (χ3n) is 1.76. The van der Waals surface area contributed by atoms with Crippen molar-refractivity contribution in [2.45, 2.75) is 19.0 Å². The summed E-state index contributed by atoms with van der Waals surface area (Å²) >= 11 is 0. The Labute approximate surface area is 92.4 Å². The molecule has 1 rings (SSSR count). The first-order chi connectivity index (χ1) is 8.53. The van der Waals surface area contributed by atoms with Crippen LogP contribution in [0.5, 0.6) is 11.5 Å². The highest BCUT2D eigenvalue weighted by Gasteiger charge is 2.21. The zero-order chi connectivity index (χ0) is 15.1. The number of aromatic hydroxyl groups is 2. The highest BCUT2D eigenvalue weighted by Crippen LogP contribution is 2.28. The van der Waals surface area contributed by atoms with E-state index in [0.717, 1.165) is 6.92 Å². The number of rotatable bonds is 3. The van der Waals surface area contributed by atoms with Gasteiger partial charge in [-0.25, -0.2) is 0 Å². The Morgan fingerprint density at radius 1 is 1.53 bits per heavy atom. The van der Waals surface area contributed by atoms with Crippen LogP contribution in [-0.2, 0) is 4.79 Å². The van der Waals surface area contributed by atoms with Crippen LogP contribution in [0.25, 0.3) is 0 Å². The molecule has 0 saturated heterocycles. The average Bonchev–Trinajstić information content (AvgIpc) is 2.32. The number of nitrogens with two attached hydrogens (primary N) is 1. The van der Waals surface area contributed by atoms with E-state index in [1.165, 1.54) is 0 Å². The summed E-state index contributed by atoms with van der Waals surface area (Å²) < 4.78 is 30.0. The monoisotopic (exact) mass is 215 g/mol. The van der Waals surface area contributed by atoms with Crippen LogP contribution in [0.1, 0.15) is 24.1 Å². The molecule has 5 heteroatoms. The fourth-order valence-electron chi connectivity index (χ4n) is 0.866. The van der Waals surface area contributed by atoms with Gasteiger partial charge in [-0.15, -0.1) is 0 Å². The normalized spacial score (nSPS) is 20.5. The van der Waals surface area contributed by atoms with Crippen molar-refractivity contribution in [1.29, 1.82) is 0 Å². The smallest absolute Gasteiger partial charge is 0.157 e. The molecular formula is C10H13NO4. The molecule has 0 unspecified atom stereocenters. The molecule has 0 aliphatic heterocycles. The van der Waals surface area contributed by atoms with Crippen LogP contribution in [0.3, 0.4) is 0 Å². The molecule has 1 aromatic carbocycles. The van der Waals surface area contributed by atoms with Crippen molar-refractivity contribution in [3.8, 4) is 11.5 Å². The van der Waals surface area contributed by atoms with Gasteiger partial charge in [0, 0.05) is 0 Å².